The smallest absolute Gasteiger partial charge is 0.408 e. The van der Waals surface area contributed by atoms with Gasteiger partial charge in [-0.1, -0.05) is 12.2 Å². The van der Waals surface area contributed by atoms with Crippen molar-refractivity contribution in [1.82, 2.24) is 5.32 Å². The van der Waals surface area contributed by atoms with Crippen LogP contribution in [0.4, 0.5) is 4.79 Å². The third-order valence-electron chi connectivity index (χ3n) is 3.53. The topological polar surface area (TPSA) is 102 Å². The van der Waals surface area contributed by atoms with Gasteiger partial charge in [0.15, 0.2) is 0 Å². The van der Waals surface area contributed by atoms with Crippen LogP contribution in [0, 0.1) is 0 Å². The van der Waals surface area contributed by atoms with Gasteiger partial charge in [0.2, 0.25) is 0 Å². The van der Waals surface area contributed by atoms with E-state index in [4.69, 9.17) is 15.6 Å². The van der Waals surface area contributed by atoms with E-state index in [2.05, 4.69) is 17.5 Å². The second-order valence-corrected chi connectivity index (χ2v) is 5.33. The van der Waals surface area contributed by atoms with E-state index in [1.54, 1.807) is 0 Å². The van der Waals surface area contributed by atoms with Crippen molar-refractivity contribution in [2.75, 3.05) is 6.54 Å². The summed E-state index contributed by atoms with van der Waals surface area (Å²) >= 11 is 0. The number of unbranched alkanes of at least 4 members (excludes halogenated alkanes) is 1. The number of alkyl carbamates (subject to hydrolysis) is 1. The zero-order chi connectivity index (χ0) is 15.5. The number of hydrogen-bond acceptors (Lipinski definition) is 4. The maximum atomic E-state index is 11.8. The molecule has 0 bridgehead atoms. The maximum Gasteiger partial charge on any atom is 0.408 e. The summed E-state index contributed by atoms with van der Waals surface area (Å²) in [5.41, 5.74) is 5.38. The van der Waals surface area contributed by atoms with Crippen LogP contribution in [-0.4, -0.2) is 35.9 Å². The number of rotatable bonds is 7. The second kappa shape index (κ2) is 10.2. The van der Waals surface area contributed by atoms with E-state index in [0.717, 1.165) is 38.5 Å². The quantitative estimate of drug-likeness (QED) is 0.494. The molecular formula is C15H26N2O4. The van der Waals surface area contributed by atoms with Crippen LogP contribution in [0.5, 0.6) is 0 Å². The molecule has 0 aromatic carbocycles. The summed E-state index contributed by atoms with van der Waals surface area (Å²) in [6.07, 6.45) is 9.74. The number of carboxylic acids is 1. The molecule has 0 heterocycles. The van der Waals surface area contributed by atoms with Crippen molar-refractivity contribution < 1.29 is 19.4 Å². The number of carbonyl (C=O) groups excluding carboxylic acids is 1. The van der Waals surface area contributed by atoms with E-state index in [1.807, 2.05) is 0 Å². The molecule has 0 radical (unpaired) electrons. The Morgan fingerprint density at radius 2 is 2.05 bits per heavy atom. The van der Waals surface area contributed by atoms with Crippen molar-refractivity contribution in [2.45, 2.75) is 63.5 Å². The molecule has 6 heteroatoms. The van der Waals surface area contributed by atoms with Crippen molar-refractivity contribution in [1.29, 1.82) is 0 Å². The molecule has 0 saturated heterocycles. The van der Waals surface area contributed by atoms with Crippen LogP contribution in [0.15, 0.2) is 12.2 Å². The fourth-order valence-electron chi connectivity index (χ4n) is 2.32. The second-order valence-electron chi connectivity index (χ2n) is 5.33. The summed E-state index contributed by atoms with van der Waals surface area (Å²) < 4.78 is 5.34. The lowest BCUT2D eigenvalue weighted by Crippen LogP contribution is -2.42. The average molecular weight is 298 g/mol. The van der Waals surface area contributed by atoms with Gasteiger partial charge in [-0.2, -0.15) is 0 Å². The first-order valence-electron chi connectivity index (χ1n) is 7.68. The normalized spacial score (nSPS) is 21.7. The molecule has 1 aliphatic carbocycles. The number of nitrogens with two attached hydrogens (primary N) is 1. The Balaban J connectivity index is 2.37. The van der Waals surface area contributed by atoms with Crippen LogP contribution in [0.25, 0.3) is 0 Å². The van der Waals surface area contributed by atoms with E-state index >= 15 is 0 Å². The Hall–Kier alpha value is -1.56. The Labute approximate surface area is 125 Å². The first-order chi connectivity index (χ1) is 10.1. The van der Waals surface area contributed by atoms with Crippen molar-refractivity contribution in [2.24, 2.45) is 5.73 Å². The molecular weight excluding hydrogens is 272 g/mol. The zero-order valence-electron chi connectivity index (χ0n) is 12.4. The van der Waals surface area contributed by atoms with Gasteiger partial charge in [-0.05, 0) is 57.9 Å². The average Bonchev–Trinajstić information content (AvgIpc) is 2.40. The van der Waals surface area contributed by atoms with E-state index in [9.17, 15) is 9.59 Å². The highest BCUT2D eigenvalue weighted by atomic mass is 16.6. The highest BCUT2D eigenvalue weighted by molar-refractivity contribution is 5.79. The number of carbonyl (C=O) groups is 2. The first kappa shape index (κ1) is 17.5. The minimum Gasteiger partial charge on any atom is -0.480 e. The Kier molecular flexibility index (Phi) is 8.50. The van der Waals surface area contributed by atoms with Crippen molar-refractivity contribution in [3.63, 3.8) is 0 Å². The standard InChI is InChI=1S/C15H26N2O4/c16-11-7-6-10-13(14(18)19)17-15(20)21-12-8-4-2-1-3-5-9-12/h1-2,12-13H,3-11,16H2,(H,17,20)(H,18,19)/b2-1-/t12?,13-/m0/s1. The Morgan fingerprint density at radius 3 is 2.76 bits per heavy atom. The fraction of sp³-hybridized carbons (Fsp3) is 0.733. The molecule has 0 aliphatic heterocycles. The van der Waals surface area contributed by atoms with Crippen LogP contribution in [-0.2, 0) is 9.53 Å². The molecule has 0 saturated carbocycles. The zero-order valence-corrected chi connectivity index (χ0v) is 12.4. The first-order valence-corrected chi connectivity index (χ1v) is 7.68. The summed E-state index contributed by atoms with van der Waals surface area (Å²) in [4.78, 5) is 22.9. The van der Waals surface area contributed by atoms with Crippen LogP contribution in [0.3, 0.4) is 0 Å². The largest absolute Gasteiger partial charge is 0.480 e. The van der Waals surface area contributed by atoms with Crippen molar-refractivity contribution in [3.05, 3.63) is 12.2 Å². The highest BCUT2D eigenvalue weighted by Crippen LogP contribution is 2.15. The molecule has 21 heavy (non-hydrogen) atoms. The summed E-state index contributed by atoms with van der Waals surface area (Å²) in [6.45, 7) is 0.520. The van der Waals surface area contributed by atoms with Crippen LogP contribution >= 0.6 is 0 Å². The van der Waals surface area contributed by atoms with Gasteiger partial charge in [0, 0.05) is 0 Å². The number of hydrogen-bond donors (Lipinski definition) is 3. The van der Waals surface area contributed by atoms with E-state index in [-0.39, 0.29) is 6.10 Å². The van der Waals surface area contributed by atoms with Gasteiger partial charge >= 0.3 is 12.1 Å². The third kappa shape index (κ3) is 7.70. The van der Waals surface area contributed by atoms with Gasteiger partial charge in [0.1, 0.15) is 12.1 Å². The maximum absolute atomic E-state index is 11.8. The molecule has 0 aromatic heterocycles. The lowest BCUT2D eigenvalue weighted by atomic mass is 10.0. The summed E-state index contributed by atoms with van der Waals surface area (Å²) in [6, 6.07) is -0.905. The lowest BCUT2D eigenvalue weighted by molar-refractivity contribution is -0.139. The minimum absolute atomic E-state index is 0.131. The van der Waals surface area contributed by atoms with E-state index < -0.39 is 18.1 Å². The molecule has 0 spiro atoms. The number of aliphatic carboxylic acids is 1. The summed E-state index contributed by atoms with van der Waals surface area (Å²) in [5, 5.41) is 11.5. The van der Waals surface area contributed by atoms with Gasteiger partial charge in [0.25, 0.3) is 0 Å². The molecule has 1 rings (SSSR count). The molecule has 6 nitrogen and oxygen atoms in total. The van der Waals surface area contributed by atoms with Gasteiger partial charge in [0.05, 0.1) is 0 Å². The van der Waals surface area contributed by atoms with Gasteiger partial charge in [-0.15, -0.1) is 0 Å². The number of nitrogens with one attached hydrogen (secondary N) is 1. The Morgan fingerprint density at radius 1 is 1.29 bits per heavy atom. The van der Waals surface area contributed by atoms with Gasteiger partial charge in [-0.3, -0.25) is 0 Å². The number of amides is 1. The summed E-state index contributed by atoms with van der Waals surface area (Å²) in [7, 11) is 0. The number of carboxylic acid groups (broad SMARTS) is 1. The minimum atomic E-state index is -1.04. The van der Waals surface area contributed by atoms with Crippen LogP contribution < -0.4 is 11.1 Å². The van der Waals surface area contributed by atoms with Crippen molar-refractivity contribution in [3.8, 4) is 0 Å². The third-order valence-corrected chi connectivity index (χ3v) is 3.53. The number of allylic oxidation sites excluding steroid dienone is 2. The molecule has 0 aromatic rings. The van der Waals surface area contributed by atoms with E-state index in [0.29, 0.717) is 19.4 Å². The predicted molar refractivity (Wildman–Crippen MR) is 80.0 cm³/mol. The van der Waals surface area contributed by atoms with Gasteiger partial charge in [-0.25, -0.2) is 9.59 Å². The lowest BCUT2D eigenvalue weighted by Gasteiger charge is -2.20. The van der Waals surface area contributed by atoms with Gasteiger partial charge < -0.3 is 20.9 Å². The molecule has 4 N–H and O–H groups in total. The van der Waals surface area contributed by atoms with Crippen LogP contribution in [0.1, 0.15) is 51.4 Å². The molecule has 1 unspecified atom stereocenters. The molecule has 1 amide bonds. The monoisotopic (exact) mass is 298 g/mol. The molecule has 120 valence electrons. The highest BCUT2D eigenvalue weighted by Gasteiger charge is 2.22. The van der Waals surface area contributed by atoms with Crippen molar-refractivity contribution >= 4 is 12.1 Å². The molecule has 2 atom stereocenters. The SMILES string of the molecule is NCCCC[C@H](NC(=O)OC1CC/C=C\CCC1)C(=O)O. The van der Waals surface area contributed by atoms with Crippen LogP contribution in [0.2, 0.25) is 0 Å². The number of ether oxygens (including phenoxy) is 1. The summed E-state index contributed by atoms with van der Waals surface area (Å²) in [5.74, 6) is -1.04. The molecule has 1 aliphatic rings. The fourth-order valence-corrected chi connectivity index (χ4v) is 2.32. The Bertz CT molecular complexity index is 358. The van der Waals surface area contributed by atoms with E-state index in [1.165, 1.54) is 0 Å². The molecule has 0 fully saturated rings. The predicted octanol–water partition coefficient (Wildman–Crippen LogP) is 2.18.